The smallest absolute Gasteiger partial charge is 0.0143 e. The molecule has 0 aromatic heterocycles. The lowest BCUT2D eigenvalue weighted by Gasteiger charge is -2.35. The fourth-order valence-corrected chi connectivity index (χ4v) is 6.35. The third-order valence-electron chi connectivity index (χ3n) is 8.34. The van der Waals surface area contributed by atoms with Gasteiger partial charge in [0, 0.05) is 5.41 Å². The fraction of sp³-hybridized carbons (Fsp3) is 0.394. The molecular weight excluding hydrogens is 396 g/mol. The van der Waals surface area contributed by atoms with Crippen molar-refractivity contribution >= 4 is 0 Å². The molecule has 0 nitrogen and oxygen atoms in total. The van der Waals surface area contributed by atoms with Gasteiger partial charge in [-0.05, 0) is 81.0 Å². The number of allylic oxidation sites excluding steroid dienone is 8. The third-order valence-corrected chi connectivity index (χ3v) is 8.34. The zero-order chi connectivity index (χ0) is 23.2. The molecule has 0 radical (unpaired) electrons. The Balaban J connectivity index is 0.000000143. The average Bonchev–Trinajstić information content (AvgIpc) is 3.06. The molecule has 0 unspecified atom stereocenters. The quantitative estimate of drug-likeness (QED) is 0.333. The summed E-state index contributed by atoms with van der Waals surface area (Å²) in [5.74, 6) is 0. The summed E-state index contributed by atoms with van der Waals surface area (Å²) < 4.78 is 0. The van der Waals surface area contributed by atoms with Gasteiger partial charge < -0.3 is 0 Å². The molecule has 0 N–H and O–H groups in total. The van der Waals surface area contributed by atoms with Crippen LogP contribution in [-0.2, 0) is 17.3 Å². The standard InChI is InChI=1S/C21H26.C12H10/c1-20(2,3)16-7-9-18-14(12-16)11-15-13-17(21(4,5)6)8-10-19(15)18;1-3-12-4-2-11-9(7-12)5-8(6-12)10(1)11/h7-10,12-13H,11H2,1-6H3;1-4H,5-7H2. The first-order chi connectivity index (χ1) is 15.5. The number of rotatable bonds is 0. The van der Waals surface area contributed by atoms with Crippen LogP contribution in [0.25, 0.3) is 11.1 Å². The molecule has 0 saturated heterocycles. The summed E-state index contributed by atoms with van der Waals surface area (Å²) in [4.78, 5) is 0. The van der Waals surface area contributed by atoms with Gasteiger partial charge in [-0.25, -0.2) is 0 Å². The van der Waals surface area contributed by atoms with E-state index in [1.165, 1.54) is 52.6 Å². The second-order valence-corrected chi connectivity index (χ2v) is 12.9. The molecule has 0 atom stereocenters. The second-order valence-electron chi connectivity index (χ2n) is 12.9. The Morgan fingerprint density at radius 1 is 0.606 bits per heavy atom. The maximum atomic E-state index is 2.42. The number of hydrogen-bond donors (Lipinski definition) is 0. The highest BCUT2D eigenvalue weighted by Gasteiger charge is 2.43. The van der Waals surface area contributed by atoms with Crippen molar-refractivity contribution in [3.05, 3.63) is 105 Å². The SMILES string of the molecule is C1=CC23C=CC4=C(CC(=C14)C2)C3.CC(C)(C)c1ccc2c(c1)Cc1cc(C(C)(C)C)ccc1-2. The predicted molar refractivity (Wildman–Crippen MR) is 141 cm³/mol. The van der Waals surface area contributed by atoms with Crippen LogP contribution in [0.3, 0.4) is 0 Å². The molecule has 0 amide bonds. The zero-order valence-corrected chi connectivity index (χ0v) is 21.1. The third kappa shape index (κ3) is 3.33. The molecule has 33 heavy (non-hydrogen) atoms. The van der Waals surface area contributed by atoms with Crippen molar-refractivity contribution in [2.75, 3.05) is 0 Å². The van der Waals surface area contributed by atoms with Crippen molar-refractivity contribution < 1.29 is 0 Å². The van der Waals surface area contributed by atoms with Crippen molar-refractivity contribution in [1.29, 1.82) is 0 Å². The van der Waals surface area contributed by atoms with E-state index in [9.17, 15) is 0 Å². The molecule has 2 aromatic carbocycles. The van der Waals surface area contributed by atoms with Gasteiger partial charge in [0.25, 0.3) is 0 Å². The van der Waals surface area contributed by atoms with Gasteiger partial charge in [-0.2, -0.15) is 0 Å². The Bertz CT molecular complexity index is 1200. The Morgan fingerprint density at radius 3 is 1.48 bits per heavy atom. The summed E-state index contributed by atoms with van der Waals surface area (Å²) in [6.45, 7) is 13.7. The molecule has 7 rings (SSSR count). The minimum Gasteiger partial charge on any atom is -0.0733 e. The van der Waals surface area contributed by atoms with Crippen molar-refractivity contribution in [3.8, 4) is 11.1 Å². The molecule has 0 heterocycles. The monoisotopic (exact) mass is 432 g/mol. The van der Waals surface area contributed by atoms with Crippen LogP contribution in [0.15, 0.2) is 83.0 Å². The minimum atomic E-state index is 0.223. The van der Waals surface area contributed by atoms with Crippen LogP contribution < -0.4 is 0 Å². The molecule has 5 aliphatic rings. The van der Waals surface area contributed by atoms with Crippen molar-refractivity contribution in [2.24, 2.45) is 5.41 Å². The largest absolute Gasteiger partial charge is 0.0733 e. The van der Waals surface area contributed by atoms with Crippen LogP contribution >= 0.6 is 0 Å². The van der Waals surface area contributed by atoms with E-state index in [-0.39, 0.29) is 10.8 Å². The van der Waals surface area contributed by atoms with Crippen LogP contribution in [0.4, 0.5) is 0 Å². The lowest BCUT2D eigenvalue weighted by Crippen LogP contribution is -2.22. The first-order valence-electron chi connectivity index (χ1n) is 12.6. The van der Waals surface area contributed by atoms with E-state index in [1.54, 1.807) is 22.3 Å². The molecule has 5 aliphatic carbocycles. The van der Waals surface area contributed by atoms with Crippen molar-refractivity contribution in [3.63, 3.8) is 0 Å². The molecular formula is C33H36. The predicted octanol–water partition coefficient (Wildman–Crippen LogP) is 8.76. The van der Waals surface area contributed by atoms with Crippen LogP contribution in [0.2, 0.25) is 0 Å². The van der Waals surface area contributed by atoms with E-state index in [0.717, 1.165) is 6.42 Å². The molecule has 0 aliphatic heterocycles. The Kier molecular flexibility index (Phi) is 4.27. The van der Waals surface area contributed by atoms with Crippen LogP contribution in [0.1, 0.15) is 83.1 Å². The Morgan fingerprint density at radius 2 is 1.06 bits per heavy atom. The first kappa shape index (κ1) is 21.0. The van der Waals surface area contributed by atoms with Crippen LogP contribution in [0, 0.1) is 5.41 Å². The maximum absolute atomic E-state index is 2.42. The molecule has 168 valence electrons. The number of hydrogen-bond acceptors (Lipinski definition) is 0. The lowest BCUT2D eigenvalue weighted by atomic mass is 9.69. The van der Waals surface area contributed by atoms with Gasteiger partial charge in [0.1, 0.15) is 0 Å². The topological polar surface area (TPSA) is 0 Å². The van der Waals surface area contributed by atoms with E-state index >= 15 is 0 Å². The van der Waals surface area contributed by atoms with Crippen molar-refractivity contribution in [1.82, 2.24) is 0 Å². The average molecular weight is 433 g/mol. The Labute approximate surface area is 199 Å². The highest BCUT2D eigenvalue weighted by Crippen LogP contribution is 2.58. The van der Waals surface area contributed by atoms with Gasteiger partial charge >= 0.3 is 0 Å². The summed E-state index contributed by atoms with van der Waals surface area (Å²) in [5, 5.41) is 0. The van der Waals surface area contributed by atoms with E-state index in [1.807, 2.05) is 0 Å². The molecule has 1 spiro atoms. The number of benzene rings is 2. The molecule has 2 aromatic rings. The van der Waals surface area contributed by atoms with E-state index in [0.29, 0.717) is 5.41 Å². The van der Waals surface area contributed by atoms with E-state index in [4.69, 9.17) is 0 Å². The van der Waals surface area contributed by atoms with E-state index < -0.39 is 0 Å². The van der Waals surface area contributed by atoms with E-state index in [2.05, 4.69) is 102 Å². The number of fused-ring (bicyclic) bond motifs is 4. The normalized spacial score (nSPS) is 20.3. The maximum Gasteiger partial charge on any atom is 0.0143 e. The van der Waals surface area contributed by atoms with Gasteiger partial charge in [-0.15, -0.1) is 0 Å². The summed E-state index contributed by atoms with van der Waals surface area (Å²) in [6.07, 6.45) is 14.5. The van der Waals surface area contributed by atoms with Gasteiger partial charge in [-0.1, -0.05) is 113 Å². The Hall–Kier alpha value is -2.60. The first-order valence-corrected chi connectivity index (χ1v) is 12.6. The lowest BCUT2D eigenvalue weighted by molar-refractivity contribution is 0.440. The molecule has 1 saturated carbocycles. The van der Waals surface area contributed by atoms with Gasteiger partial charge in [0.2, 0.25) is 0 Å². The summed E-state index contributed by atoms with van der Waals surface area (Å²) in [6, 6.07) is 14.0. The minimum absolute atomic E-state index is 0.223. The van der Waals surface area contributed by atoms with Crippen LogP contribution in [0.5, 0.6) is 0 Å². The second kappa shape index (κ2) is 6.72. The summed E-state index contributed by atoms with van der Waals surface area (Å²) in [5.41, 5.74) is 16.1. The molecule has 1 fully saturated rings. The highest BCUT2D eigenvalue weighted by atomic mass is 14.5. The highest BCUT2D eigenvalue weighted by molar-refractivity contribution is 5.77. The summed E-state index contributed by atoms with van der Waals surface area (Å²) >= 11 is 0. The molecule has 3 bridgehead atoms. The molecule has 0 heteroatoms. The fourth-order valence-electron chi connectivity index (χ4n) is 6.35. The van der Waals surface area contributed by atoms with Crippen molar-refractivity contribution in [2.45, 2.75) is 78.1 Å². The zero-order valence-electron chi connectivity index (χ0n) is 21.1. The van der Waals surface area contributed by atoms with Crippen LogP contribution in [-0.4, -0.2) is 0 Å². The summed E-state index contributed by atoms with van der Waals surface area (Å²) in [7, 11) is 0. The van der Waals surface area contributed by atoms with Gasteiger partial charge in [-0.3, -0.25) is 0 Å². The van der Waals surface area contributed by atoms with Gasteiger partial charge in [0.05, 0.1) is 0 Å². The van der Waals surface area contributed by atoms with Gasteiger partial charge in [0.15, 0.2) is 0 Å².